The summed E-state index contributed by atoms with van der Waals surface area (Å²) in [6.45, 7) is 5.29. The third kappa shape index (κ3) is 3.23. The molecule has 0 unspecified atom stereocenters. The Morgan fingerprint density at radius 1 is 1.24 bits per heavy atom. The number of nitrogens with one attached hydrogen (secondary N) is 1. The zero-order chi connectivity index (χ0) is 12.3. The van der Waals surface area contributed by atoms with Gasteiger partial charge in [-0.3, -0.25) is 4.90 Å². The molecule has 0 amide bonds. The van der Waals surface area contributed by atoms with E-state index in [1.54, 1.807) is 12.1 Å². The monoisotopic (exact) mass is 240 g/mol. The normalized spacial score (nSPS) is 18.3. The minimum absolute atomic E-state index is 0.151. The molecule has 2 rings (SSSR count). The maximum atomic E-state index is 13.4. The summed E-state index contributed by atoms with van der Waals surface area (Å²) in [5.41, 5.74) is 0.889. The molecule has 4 heteroatoms. The minimum atomic E-state index is -2.76. The number of halogens is 2. The molecule has 1 aliphatic heterocycles. The number of hydrogen-bond acceptors (Lipinski definition) is 2. The van der Waals surface area contributed by atoms with Crippen LogP contribution in [0.2, 0.25) is 0 Å². The van der Waals surface area contributed by atoms with Gasteiger partial charge in [0.05, 0.1) is 0 Å². The molecule has 0 radical (unpaired) electrons. The van der Waals surface area contributed by atoms with E-state index >= 15 is 0 Å². The first-order valence-corrected chi connectivity index (χ1v) is 5.96. The Bertz CT molecular complexity index is 368. The number of hydrogen-bond donors (Lipinski definition) is 1. The van der Waals surface area contributed by atoms with Gasteiger partial charge in [0.1, 0.15) is 0 Å². The summed E-state index contributed by atoms with van der Waals surface area (Å²) in [5, 5.41) is 3.26. The molecule has 17 heavy (non-hydrogen) atoms. The summed E-state index contributed by atoms with van der Waals surface area (Å²) in [4.78, 5) is 2.21. The van der Waals surface area contributed by atoms with Crippen molar-refractivity contribution in [1.82, 2.24) is 10.2 Å². The second-order valence-electron chi connectivity index (χ2n) is 4.57. The van der Waals surface area contributed by atoms with Crippen molar-refractivity contribution in [2.75, 3.05) is 26.2 Å². The van der Waals surface area contributed by atoms with E-state index in [0.717, 1.165) is 38.7 Å². The molecule has 0 spiro atoms. The van der Waals surface area contributed by atoms with Gasteiger partial charge in [-0.1, -0.05) is 24.3 Å². The van der Waals surface area contributed by atoms with Crippen LogP contribution in [0, 0.1) is 0 Å². The van der Waals surface area contributed by atoms with Gasteiger partial charge < -0.3 is 5.32 Å². The summed E-state index contributed by atoms with van der Waals surface area (Å²) >= 11 is 0. The minimum Gasteiger partial charge on any atom is -0.314 e. The Morgan fingerprint density at radius 2 is 1.88 bits per heavy atom. The number of alkyl halides is 2. The molecule has 2 nitrogen and oxygen atoms in total. The van der Waals surface area contributed by atoms with Gasteiger partial charge in [-0.15, -0.1) is 0 Å². The van der Waals surface area contributed by atoms with E-state index in [4.69, 9.17) is 0 Å². The predicted octanol–water partition coefficient (Wildman–Crippen LogP) is 2.20. The topological polar surface area (TPSA) is 15.3 Å². The van der Waals surface area contributed by atoms with Crippen LogP contribution >= 0.6 is 0 Å². The highest BCUT2D eigenvalue weighted by Crippen LogP contribution is 2.30. The lowest BCUT2D eigenvalue weighted by molar-refractivity contribution is 0.0157. The first-order chi connectivity index (χ1) is 8.07. The number of benzene rings is 1. The van der Waals surface area contributed by atoms with Crippen molar-refractivity contribution in [3.8, 4) is 0 Å². The molecule has 1 aromatic rings. The highest BCUT2D eigenvalue weighted by molar-refractivity contribution is 5.30. The second kappa shape index (κ2) is 5.10. The van der Waals surface area contributed by atoms with Gasteiger partial charge in [0.2, 0.25) is 0 Å². The average molecular weight is 240 g/mol. The summed E-state index contributed by atoms with van der Waals surface area (Å²) in [6, 6.07) is 6.83. The number of rotatable bonds is 3. The van der Waals surface area contributed by atoms with Crippen LogP contribution in [0.3, 0.4) is 0 Å². The van der Waals surface area contributed by atoms with Gasteiger partial charge in [0.15, 0.2) is 0 Å². The van der Waals surface area contributed by atoms with E-state index < -0.39 is 5.92 Å². The zero-order valence-corrected chi connectivity index (χ0v) is 10.0. The number of piperazine rings is 1. The van der Waals surface area contributed by atoms with E-state index in [9.17, 15) is 8.78 Å². The van der Waals surface area contributed by atoms with E-state index in [2.05, 4.69) is 10.2 Å². The lowest BCUT2D eigenvalue weighted by atomic mass is 10.0. The molecule has 1 aliphatic rings. The maximum Gasteiger partial charge on any atom is 0.270 e. The third-order valence-corrected chi connectivity index (χ3v) is 3.09. The van der Waals surface area contributed by atoms with E-state index in [0.29, 0.717) is 6.54 Å². The van der Waals surface area contributed by atoms with Crippen LogP contribution in [0.15, 0.2) is 24.3 Å². The Hall–Kier alpha value is -1.00. The quantitative estimate of drug-likeness (QED) is 0.871. The standard InChI is InChI=1S/C13H18F2N2/c1-13(14,15)12-5-3-2-4-11(12)10-17-8-6-16-7-9-17/h2-5,16H,6-10H2,1H3. The molecule has 1 saturated heterocycles. The first-order valence-electron chi connectivity index (χ1n) is 5.96. The fraction of sp³-hybridized carbons (Fsp3) is 0.538. The van der Waals surface area contributed by atoms with Gasteiger partial charge in [0.25, 0.3) is 5.92 Å². The summed E-state index contributed by atoms with van der Waals surface area (Å²) in [6.07, 6.45) is 0. The van der Waals surface area contributed by atoms with E-state index in [1.165, 1.54) is 6.07 Å². The molecule has 0 aromatic heterocycles. The highest BCUT2D eigenvalue weighted by Gasteiger charge is 2.27. The zero-order valence-electron chi connectivity index (χ0n) is 10.0. The Labute approximate surface area is 101 Å². The number of nitrogens with zero attached hydrogens (tertiary/aromatic N) is 1. The van der Waals surface area contributed by atoms with Crippen molar-refractivity contribution >= 4 is 0 Å². The van der Waals surface area contributed by atoms with Crippen LogP contribution in [0.1, 0.15) is 18.1 Å². The van der Waals surface area contributed by atoms with Crippen molar-refractivity contribution < 1.29 is 8.78 Å². The molecule has 1 N–H and O–H groups in total. The lowest BCUT2D eigenvalue weighted by Crippen LogP contribution is -2.43. The highest BCUT2D eigenvalue weighted by atomic mass is 19.3. The van der Waals surface area contributed by atoms with Crippen LogP contribution in [0.5, 0.6) is 0 Å². The lowest BCUT2D eigenvalue weighted by Gasteiger charge is -2.28. The maximum absolute atomic E-state index is 13.4. The summed E-state index contributed by atoms with van der Waals surface area (Å²) in [5.74, 6) is -2.76. The van der Waals surface area contributed by atoms with Crippen molar-refractivity contribution in [2.45, 2.75) is 19.4 Å². The molecular formula is C13H18F2N2. The van der Waals surface area contributed by atoms with Gasteiger partial charge in [0, 0.05) is 45.2 Å². The fourth-order valence-corrected chi connectivity index (χ4v) is 2.20. The van der Waals surface area contributed by atoms with Crippen LogP contribution in [0.4, 0.5) is 8.78 Å². The molecule has 94 valence electrons. The Morgan fingerprint density at radius 3 is 2.53 bits per heavy atom. The Balaban J connectivity index is 2.14. The second-order valence-corrected chi connectivity index (χ2v) is 4.57. The van der Waals surface area contributed by atoms with Crippen molar-refractivity contribution in [2.24, 2.45) is 0 Å². The Kier molecular flexibility index (Phi) is 3.74. The summed E-state index contributed by atoms with van der Waals surface area (Å²) in [7, 11) is 0. The molecule has 1 heterocycles. The smallest absolute Gasteiger partial charge is 0.270 e. The van der Waals surface area contributed by atoms with Crippen LogP contribution < -0.4 is 5.32 Å². The van der Waals surface area contributed by atoms with Crippen molar-refractivity contribution in [1.29, 1.82) is 0 Å². The third-order valence-electron chi connectivity index (χ3n) is 3.09. The van der Waals surface area contributed by atoms with Crippen LogP contribution in [-0.4, -0.2) is 31.1 Å². The van der Waals surface area contributed by atoms with Gasteiger partial charge in [-0.2, -0.15) is 0 Å². The molecular weight excluding hydrogens is 222 g/mol. The average Bonchev–Trinajstić information content (AvgIpc) is 2.30. The molecule has 0 saturated carbocycles. The van der Waals surface area contributed by atoms with E-state index in [1.807, 2.05) is 6.07 Å². The first kappa shape index (κ1) is 12.5. The van der Waals surface area contributed by atoms with Crippen molar-refractivity contribution in [3.63, 3.8) is 0 Å². The molecule has 0 aliphatic carbocycles. The van der Waals surface area contributed by atoms with Gasteiger partial charge in [-0.05, 0) is 5.56 Å². The summed E-state index contributed by atoms with van der Waals surface area (Å²) < 4.78 is 26.9. The largest absolute Gasteiger partial charge is 0.314 e. The van der Waals surface area contributed by atoms with Gasteiger partial charge in [-0.25, -0.2) is 8.78 Å². The van der Waals surface area contributed by atoms with Crippen molar-refractivity contribution in [3.05, 3.63) is 35.4 Å². The SMILES string of the molecule is CC(F)(F)c1ccccc1CN1CCNCC1. The molecule has 1 aromatic carbocycles. The molecule has 0 bridgehead atoms. The molecule has 0 atom stereocenters. The molecule has 1 fully saturated rings. The van der Waals surface area contributed by atoms with Crippen LogP contribution in [0.25, 0.3) is 0 Å². The predicted molar refractivity (Wildman–Crippen MR) is 64.2 cm³/mol. The van der Waals surface area contributed by atoms with Gasteiger partial charge >= 0.3 is 0 Å². The fourth-order valence-electron chi connectivity index (χ4n) is 2.20. The van der Waals surface area contributed by atoms with Crippen LogP contribution in [-0.2, 0) is 12.5 Å². The van der Waals surface area contributed by atoms with E-state index in [-0.39, 0.29) is 5.56 Å².